The monoisotopic (exact) mass is 277 g/mol. The molecule has 1 aliphatic rings. The van der Waals surface area contributed by atoms with Crippen molar-refractivity contribution < 1.29 is 18.0 Å². The number of sulfone groups is 1. The lowest BCUT2D eigenvalue weighted by atomic mass is 10.3. The highest BCUT2D eigenvalue weighted by atomic mass is 32.2. The van der Waals surface area contributed by atoms with E-state index in [0.29, 0.717) is 13.1 Å². The summed E-state index contributed by atoms with van der Waals surface area (Å²) in [6, 6.07) is 0. The third kappa shape index (κ3) is 4.26. The van der Waals surface area contributed by atoms with Gasteiger partial charge in [-0.3, -0.25) is 9.59 Å². The van der Waals surface area contributed by atoms with E-state index < -0.39 is 21.0 Å². The van der Waals surface area contributed by atoms with Crippen LogP contribution in [0, 0.1) is 0 Å². The number of hydrogen-bond donors (Lipinski definition) is 2. The van der Waals surface area contributed by atoms with Crippen LogP contribution in [0.1, 0.15) is 6.92 Å². The zero-order valence-corrected chi connectivity index (χ0v) is 11.4. The van der Waals surface area contributed by atoms with Gasteiger partial charge in [-0.1, -0.05) is 0 Å². The van der Waals surface area contributed by atoms with E-state index in [1.165, 1.54) is 6.92 Å². The van der Waals surface area contributed by atoms with Crippen molar-refractivity contribution in [3.63, 3.8) is 0 Å². The highest BCUT2D eigenvalue weighted by Crippen LogP contribution is 1.98. The SMILES string of the molecule is CC(C(=O)NCC(=O)N1CCNCC1)S(C)(=O)=O. The Balaban J connectivity index is 2.40. The van der Waals surface area contributed by atoms with E-state index >= 15 is 0 Å². The highest BCUT2D eigenvalue weighted by Gasteiger charge is 2.24. The second-order valence-corrected chi connectivity index (χ2v) is 6.69. The topological polar surface area (TPSA) is 95.6 Å². The number of carbonyl (C=O) groups is 2. The lowest BCUT2D eigenvalue weighted by molar-refractivity contribution is -0.133. The van der Waals surface area contributed by atoms with E-state index in [2.05, 4.69) is 10.6 Å². The van der Waals surface area contributed by atoms with Crippen LogP contribution >= 0.6 is 0 Å². The second-order valence-electron chi connectivity index (χ2n) is 4.32. The summed E-state index contributed by atoms with van der Waals surface area (Å²) < 4.78 is 22.3. The van der Waals surface area contributed by atoms with Gasteiger partial charge in [-0.05, 0) is 6.92 Å². The van der Waals surface area contributed by atoms with Crippen molar-refractivity contribution in [2.24, 2.45) is 0 Å². The van der Waals surface area contributed by atoms with Crippen molar-refractivity contribution >= 4 is 21.7 Å². The molecule has 2 amide bonds. The molecule has 7 nitrogen and oxygen atoms in total. The number of nitrogens with zero attached hydrogens (tertiary/aromatic N) is 1. The molecule has 1 fully saturated rings. The molecule has 0 bridgehead atoms. The number of carbonyl (C=O) groups excluding carboxylic acids is 2. The molecule has 0 spiro atoms. The number of piperazine rings is 1. The van der Waals surface area contributed by atoms with Crippen molar-refractivity contribution in [2.75, 3.05) is 39.0 Å². The summed E-state index contributed by atoms with van der Waals surface area (Å²) in [5, 5.41) is 4.34. The molecule has 1 heterocycles. The third-order valence-electron chi connectivity index (χ3n) is 2.90. The first-order valence-corrected chi connectivity index (χ1v) is 7.73. The fraction of sp³-hybridized carbons (Fsp3) is 0.800. The van der Waals surface area contributed by atoms with Crippen molar-refractivity contribution in [1.29, 1.82) is 0 Å². The molecule has 1 saturated heterocycles. The first-order valence-electron chi connectivity index (χ1n) is 5.77. The van der Waals surface area contributed by atoms with Crippen LogP contribution in [0.2, 0.25) is 0 Å². The van der Waals surface area contributed by atoms with Gasteiger partial charge in [0.15, 0.2) is 9.84 Å². The molecular formula is C10H19N3O4S. The fourth-order valence-corrected chi connectivity index (χ4v) is 2.00. The average Bonchev–Trinajstić information content (AvgIpc) is 2.34. The van der Waals surface area contributed by atoms with Gasteiger partial charge in [-0.25, -0.2) is 8.42 Å². The van der Waals surface area contributed by atoms with Crippen LogP contribution in [0.3, 0.4) is 0 Å². The Labute approximate surface area is 107 Å². The number of rotatable bonds is 4. The van der Waals surface area contributed by atoms with Gasteiger partial charge in [0, 0.05) is 32.4 Å². The van der Waals surface area contributed by atoms with E-state index in [4.69, 9.17) is 0 Å². The Morgan fingerprint density at radius 1 is 1.33 bits per heavy atom. The fourth-order valence-electron chi connectivity index (χ4n) is 1.53. The van der Waals surface area contributed by atoms with Gasteiger partial charge in [-0.2, -0.15) is 0 Å². The van der Waals surface area contributed by atoms with Crippen molar-refractivity contribution in [3.8, 4) is 0 Å². The summed E-state index contributed by atoms with van der Waals surface area (Å²) in [5.74, 6) is -0.827. The summed E-state index contributed by atoms with van der Waals surface area (Å²) in [7, 11) is -3.42. The van der Waals surface area contributed by atoms with Gasteiger partial charge in [0.2, 0.25) is 11.8 Å². The number of amides is 2. The minimum Gasteiger partial charge on any atom is -0.346 e. The van der Waals surface area contributed by atoms with E-state index in [-0.39, 0.29) is 12.5 Å². The van der Waals surface area contributed by atoms with Gasteiger partial charge < -0.3 is 15.5 Å². The summed E-state index contributed by atoms with van der Waals surface area (Å²) >= 11 is 0. The van der Waals surface area contributed by atoms with Gasteiger partial charge in [0.1, 0.15) is 5.25 Å². The first-order chi connectivity index (χ1) is 8.32. The highest BCUT2D eigenvalue weighted by molar-refractivity contribution is 7.92. The van der Waals surface area contributed by atoms with E-state index in [1.54, 1.807) is 4.90 Å². The molecule has 8 heteroatoms. The minimum absolute atomic E-state index is 0.154. The Morgan fingerprint density at radius 2 is 1.89 bits per heavy atom. The van der Waals surface area contributed by atoms with Gasteiger partial charge in [0.25, 0.3) is 0 Å². The molecule has 1 rings (SSSR count). The maximum absolute atomic E-state index is 11.7. The van der Waals surface area contributed by atoms with E-state index in [9.17, 15) is 18.0 Å². The molecule has 0 aromatic rings. The summed E-state index contributed by atoms with van der Waals surface area (Å²) in [6.45, 7) is 3.84. The van der Waals surface area contributed by atoms with E-state index in [0.717, 1.165) is 19.3 Å². The quantitative estimate of drug-likeness (QED) is 0.618. The second kappa shape index (κ2) is 6.14. The van der Waals surface area contributed by atoms with Crippen LogP contribution in [0.15, 0.2) is 0 Å². The number of hydrogen-bond acceptors (Lipinski definition) is 5. The lowest BCUT2D eigenvalue weighted by Crippen LogP contribution is -2.50. The predicted octanol–water partition coefficient (Wildman–Crippen LogP) is -2.03. The standard InChI is InChI=1S/C10H19N3O4S/c1-8(18(2,16)17)10(15)12-7-9(14)13-5-3-11-4-6-13/h8,11H,3-7H2,1-2H3,(H,12,15). The van der Waals surface area contributed by atoms with Crippen LogP contribution in [0.25, 0.3) is 0 Å². The van der Waals surface area contributed by atoms with Crippen molar-refractivity contribution in [3.05, 3.63) is 0 Å². The molecule has 1 aliphatic heterocycles. The Hall–Kier alpha value is -1.15. The molecule has 0 saturated carbocycles. The molecule has 0 radical (unpaired) electrons. The molecule has 1 atom stereocenters. The third-order valence-corrected chi connectivity index (χ3v) is 4.39. The van der Waals surface area contributed by atoms with Crippen LogP contribution in [-0.2, 0) is 19.4 Å². The summed E-state index contributed by atoms with van der Waals surface area (Å²) in [4.78, 5) is 24.9. The van der Waals surface area contributed by atoms with Crippen molar-refractivity contribution in [2.45, 2.75) is 12.2 Å². The smallest absolute Gasteiger partial charge is 0.242 e. The van der Waals surface area contributed by atoms with Crippen LogP contribution in [0.4, 0.5) is 0 Å². The zero-order valence-electron chi connectivity index (χ0n) is 10.6. The predicted molar refractivity (Wildman–Crippen MR) is 66.8 cm³/mol. The lowest BCUT2D eigenvalue weighted by Gasteiger charge is -2.27. The Bertz CT molecular complexity index is 415. The van der Waals surface area contributed by atoms with Crippen molar-refractivity contribution in [1.82, 2.24) is 15.5 Å². The van der Waals surface area contributed by atoms with Crippen LogP contribution < -0.4 is 10.6 Å². The normalized spacial score (nSPS) is 18.2. The molecule has 0 aromatic carbocycles. The zero-order chi connectivity index (χ0) is 13.8. The van der Waals surface area contributed by atoms with Crippen LogP contribution in [0.5, 0.6) is 0 Å². The maximum Gasteiger partial charge on any atom is 0.242 e. The molecule has 18 heavy (non-hydrogen) atoms. The van der Waals surface area contributed by atoms with E-state index in [1.807, 2.05) is 0 Å². The number of nitrogens with one attached hydrogen (secondary N) is 2. The van der Waals surface area contributed by atoms with Gasteiger partial charge >= 0.3 is 0 Å². The Morgan fingerprint density at radius 3 is 2.39 bits per heavy atom. The largest absolute Gasteiger partial charge is 0.346 e. The van der Waals surface area contributed by atoms with Gasteiger partial charge in [-0.15, -0.1) is 0 Å². The maximum atomic E-state index is 11.7. The van der Waals surface area contributed by atoms with Gasteiger partial charge in [0.05, 0.1) is 6.54 Å². The molecule has 0 aromatic heterocycles. The summed E-state index contributed by atoms with van der Waals surface area (Å²) in [6.07, 6.45) is 0.995. The molecule has 104 valence electrons. The Kier molecular flexibility index (Phi) is 5.09. The van der Waals surface area contributed by atoms with Crippen LogP contribution in [-0.4, -0.2) is 69.4 Å². The molecular weight excluding hydrogens is 258 g/mol. The molecule has 1 unspecified atom stereocenters. The molecule has 0 aliphatic carbocycles. The molecule has 2 N–H and O–H groups in total. The average molecular weight is 277 g/mol. The summed E-state index contributed by atoms with van der Waals surface area (Å²) in [5.41, 5.74) is 0. The first kappa shape index (κ1) is 14.9. The minimum atomic E-state index is -3.42.